The van der Waals surface area contributed by atoms with Gasteiger partial charge in [-0.1, -0.05) is 43.5 Å². The van der Waals surface area contributed by atoms with Gasteiger partial charge in [0.15, 0.2) is 5.69 Å². The van der Waals surface area contributed by atoms with E-state index in [1.807, 2.05) is 6.92 Å². The first-order valence-corrected chi connectivity index (χ1v) is 12.1. The first-order valence-electron chi connectivity index (χ1n) is 10.7. The van der Waals surface area contributed by atoms with Gasteiger partial charge >= 0.3 is 0 Å². The SMILES string of the molecule is CCCCCNC(=O)c1cnc(NS(=O)(=O)c2ccc(C)cc2)c(OCc2cccnc2)n1. The van der Waals surface area contributed by atoms with E-state index in [-0.39, 0.29) is 28.9 Å². The molecule has 0 atom stereocenters. The lowest BCUT2D eigenvalue weighted by atomic mass is 10.2. The lowest BCUT2D eigenvalue weighted by Crippen LogP contribution is -2.26. The zero-order valence-electron chi connectivity index (χ0n) is 18.6. The molecule has 33 heavy (non-hydrogen) atoms. The number of aromatic nitrogens is 3. The summed E-state index contributed by atoms with van der Waals surface area (Å²) in [5, 5.41) is 2.79. The number of nitrogens with zero attached hydrogens (tertiary/aromatic N) is 3. The number of aryl methyl sites for hydroxylation is 1. The van der Waals surface area contributed by atoms with Gasteiger partial charge in [0.05, 0.1) is 11.1 Å². The molecule has 0 unspecified atom stereocenters. The third-order valence-electron chi connectivity index (χ3n) is 4.70. The molecule has 3 aromatic rings. The molecule has 0 radical (unpaired) electrons. The molecule has 0 aliphatic heterocycles. The second-order valence-electron chi connectivity index (χ2n) is 7.44. The van der Waals surface area contributed by atoms with E-state index in [0.717, 1.165) is 30.4 Å². The number of nitrogens with one attached hydrogen (secondary N) is 2. The number of hydrogen-bond donors (Lipinski definition) is 2. The van der Waals surface area contributed by atoms with Crippen LogP contribution in [0.15, 0.2) is 59.9 Å². The average Bonchev–Trinajstić information content (AvgIpc) is 2.82. The largest absolute Gasteiger partial charge is 0.470 e. The molecule has 0 bridgehead atoms. The second kappa shape index (κ2) is 11.4. The minimum absolute atomic E-state index is 0.0333. The highest BCUT2D eigenvalue weighted by Crippen LogP contribution is 2.24. The summed E-state index contributed by atoms with van der Waals surface area (Å²) in [6.45, 7) is 4.53. The molecule has 2 N–H and O–H groups in total. The zero-order valence-corrected chi connectivity index (χ0v) is 19.4. The summed E-state index contributed by atoms with van der Waals surface area (Å²) in [4.78, 5) is 24.9. The topological polar surface area (TPSA) is 123 Å². The molecule has 2 heterocycles. The summed E-state index contributed by atoms with van der Waals surface area (Å²) in [5.41, 5.74) is 1.72. The number of benzene rings is 1. The molecule has 1 amide bonds. The Morgan fingerprint density at radius 1 is 1.09 bits per heavy atom. The van der Waals surface area contributed by atoms with Crippen LogP contribution in [0.4, 0.5) is 5.82 Å². The Morgan fingerprint density at radius 2 is 1.88 bits per heavy atom. The van der Waals surface area contributed by atoms with Crippen molar-refractivity contribution < 1.29 is 17.9 Å². The number of amides is 1. The number of carbonyl (C=O) groups is 1. The molecule has 0 aliphatic rings. The Labute approximate surface area is 193 Å². The lowest BCUT2D eigenvalue weighted by molar-refractivity contribution is 0.0946. The minimum Gasteiger partial charge on any atom is -0.470 e. The summed E-state index contributed by atoms with van der Waals surface area (Å²) in [6, 6.07) is 9.96. The smallest absolute Gasteiger partial charge is 0.271 e. The maximum atomic E-state index is 12.8. The third kappa shape index (κ3) is 6.98. The van der Waals surface area contributed by atoms with Gasteiger partial charge in [-0.25, -0.2) is 18.4 Å². The van der Waals surface area contributed by atoms with Crippen LogP contribution in [-0.2, 0) is 16.6 Å². The van der Waals surface area contributed by atoms with Gasteiger partial charge in [0, 0.05) is 24.5 Å². The van der Waals surface area contributed by atoms with Crippen molar-refractivity contribution >= 4 is 21.7 Å². The fourth-order valence-corrected chi connectivity index (χ4v) is 3.87. The fraction of sp³-hybridized carbons (Fsp3) is 0.304. The van der Waals surface area contributed by atoms with Crippen molar-refractivity contribution in [2.75, 3.05) is 11.3 Å². The predicted molar refractivity (Wildman–Crippen MR) is 124 cm³/mol. The molecule has 2 aromatic heterocycles. The van der Waals surface area contributed by atoms with Crippen molar-refractivity contribution in [3.05, 3.63) is 71.8 Å². The number of pyridine rings is 1. The van der Waals surface area contributed by atoms with E-state index in [1.54, 1.807) is 36.7 Å². The second-order valence-corrected chi connectivity index (χ2v) is 9.12. The quantitative estimate of drug-likeness (QED) is 0.412. The third-order valence-corrected chi connectivity index (χ3v) is 6.05. The molecule has 0 saturated carbocycles. The molecule has 0 saturated heterocycles. The molecule has 3 rings (SSSR count). The average molecular weight is 470 g/mol. The predicted octanol–water partition coefficient (Wildman–Crippen LogP) is 3.48. The summed E-state index contributed by atoms with van der Waals surface area (Å²) in [6.07, 6.45) is 7.37. The summed E-state index contributed by atoms with van der Waals surface area (Å²) in [7, 11) is -3.93. The van der Waals surface area contributed by atoms with Gasteiger partial charge in [-0.05, 0) is 31.5 Å². The van der Waals surface area contributed by atoms with Gasteiger partial charge in [0.1, 0.15) is 6.61 Å². The monoisotopic (exact) mass is 469 g/mol. The number of anilines is 1. The number of hydrogen-bond acceptors (Lipinski definition) is 7. The summed E-state index contributed by atoms with van der Waals surface area (Å²) >= 11 is 0. The highest BCUT2D eigenvalue weighted by Gasteiger charge is 2.21. The highest BCUT2D eigenvalue weighted by atomic mass is 32.2. The molecule has 174 valence electrons. The van der Waals surface area contributed by atoms with E-state index in [1.165, 1.54) is 18.3 Å². The highest BCUT2D eigenvalue weighted by molar-refractivity contribution is 7.92. The molecular weight excluding hydrogens is 442 g/mol. The first-order chi connectivity index (χ1) is 15.9. The Morgan fingerprint density at radius 3 is 2.58 bits per heavy atom. The van der Waals surface area contributed by atoms with Crippen LogP contribution in [0.2, 0.25) is 0 Å². The van der Waals surface area contributed by atoms with Crippen molar-refractivity contribution in [2.45, 2.75) is 44.6 Å². The van der Waals surface area contributed by atoms with Crippen LogP contribution >= 0.6 is 0 Å². The Kier molecular flexibility index (Phi) is 8.31. The molecule has 1 aromatic carbocycles. The standard InChI is InChI=1S/C23H27N5O4S/c1-3-4-5-13-25-22(29)20-15-26-21(23(27-20)32-16-18-7-6-12-24-14-18)28-33(30,31)19-10-8-17(2)9-11-19/h6-12,14-15H,3-5,13,16H2,1-2H3,(H,25,29)(H,26,28). The Bertz CT molecular complexity index is 1170. The van der Waals surface area contributed by atoms with Gasteiger partial charge in [0.2, 0.25) is 5.82 Å². The van der Waals surface area contributed by atoms with Gasteiger partial charge in [-0.2, -0.15) is 0 Å². The van der Waals surface area contributed by atoms with Gasteiger partial charge < -0.3 is 10.1 Å². The molecular formula is C23H27N5O4S. The molecule has 0 aliphatic carbocycles. The maximum Gasteiger partial charge on any atom is 0.271 e. The number of rotatable bonds is 11. The maximum absolute atomic E-state index is 12.8. The Hall–Kier alpha value is -3.53. The van der Waals surface area contributed by atoms with E-state index < -0.39 is 15.9 Å². The summed E-state index contributed by atoms with van der Waals surface area (Å²) in [5.74, 6) is -0.615. The zero-order chi connectivity index (χ0) is 23.7. The van der Waals surface area contributed by atoms with Crippen molar-refractivity contribution in [1.82, 2.24) is 20.3 Å². The van der Waals surface area contributed by atoms with Crippen LogP contribution in [-0.4, -0.2) is 35.8 Å². The van der Waals surface area contributed by atoms with E-state index in [9.17, 15) is 13.2 Å². The van der Waals surface area contributed by atoms with Crippen molar-refractivity contribution in [3.63, 3.8) is 0 Å². The van der Waals surface area contributed by atoms with Gasteiger partial charge in [-0.15, -0.1) is 0 Å². The number of unbranched alkanes of at least 4 members (excludes halogenated alkanes) is 2. The first kappa shape index (κ1) is 24.1. The fourth-order valence-electron chi connectivity index (χ4n) is 2.86. The van der Waals surface area contributed by atoms with Crippen molar-refractivity contribution in [3.8, 4) is 5.88 Å². The molecule has 0 spiro atoms. The molecule has 10 heteroatoms. The van der Waals surface area contributed by atoms with E-state index >= 15 is 0 Å². The van der Waals surface area contributed by atoms with Gasteiger partial charge in [-0.3, -0.25) is 14.5 Å². The van der Waals surface area contributed by atoms with Crippen molar-refractivity contribution in [1.29, 1.82) is 0 Å². The van der Waals surface area contributed by atoms with Crippen LogP contribution < -0.4 is 14.8 Å². The number of ether oxygens (including phenoxy) is 1. The van der Waals surface area contributed by atoms with Crippen LogP contribution in [0.3, 0.4) is 0 Å². The van der Waals surface area contributed by atoms with E-state index in [4.69, 9.17) is 4.74 Å². The molecule has 9 nitrogen and oxygen atoms in total. The van der Waals surface area contributed by atoms with Crippen LogP contribution in [0.1, 0.15) is 47.8 Å². The van der Waals surface area contributed by atoms with Crippen LogP contribution in [0, 0.1) is 6.92 Å². The van der Waals surface area contributed by atoms with Crippen LogP contribution in [0.5, 0.6) is 5.88 Å². The summed E-state index contributed by atoms with van der Waals surface area (Å²) < 4.78 is 33.8. The normalized spacial score (nSPS) is 11.1. The minimum atomic E-state index is -3.93. The van der Waals surface area contributed by atoms with Gasteiger partial charge in [0.25, 0.3) is 21.8 Å². The molecule has 0 fully saturated rings. The number of sulfonamides is 1. The lowest BCUT2D eigenvalue weighted by Gasteiger charge is -2.13. The van der Waals surface area contributed by atoms with E-state index in [0.29, 0.717) is 6.54 Å². The van der Waals surface area contributed by atoms with E-state index in [2.05, 4.69) is 31.9 Å². The van der Waals surface area contributed by atoms with Crippen molar-refractivity contribution in [2.24, 2.45) is 0 Å². The van der Waals surface area contributed by atoms with Crippen LogP contribution in [0.25, 0.3) is 0 Å². The number of carbonyl (C=O) groups excluding carboxylic acids is 1. The Balaban J connectivity index is 1.84.